The van der Waals surface area contributed by atoms with Gasteiger partial charge in [0.15, 0.2) is 5.41 Å². The maximum absolute atomic E-state index is 12.3. The third kappa shape index (κ3) is 5.05. The molecule has 0 N–H and O–H groups in total. The molecule has 110 valence electrons. The summed E-state index contributed by atoms with van der Waals surface area (Å²) in [5.74, 6) is -1.04. The van der Waals surface area contributed by atoms with Crippen LogP contribution >= 0.6 is 0 Å². The molecule has 0 unspecified atom stereocenters. The van der Waals surface area contributed by atoms with Crippen LogP contribution in [-0.2, 0) is 19.1 Å². The summed E-state index contributed by atoms with van der Waals surface area (Å²) < 4.78 is 10.5. The second-order valence-corrected chi connectivity index (χ2v) is 5.23. The minimum Gasteiger partial charge on any atom is -0.462 e. The van der Waals surface area contributed by atoms with Gasteiger partial charge in [0.1, 0.15) is 0 Å². The molecule has 0 saturated heterocycles. The van der Waals surface area contributed by atoms with Gasteiger partial charge < -0.3 is 9.47 Å². The monoisotopic (exact) mass is 270 g/mol. The number of esters is 2. The third-order valence-corrected chi connectivity index (χ3v) is 2.64. The standard InChI is InChI=1S/C15H26O4/c1-7-9-15(10-8-2,13(16)18-11(3)4)14(17)19-12(5)6/h7,11-12H,1,8-10H2,2-6H3. The molecule has 0 aromatic rings. The van der Waals surface area contributed by atoms with E-state index in [1.807, 2.05) is 6.92 Å². The van der Waals surface area contributed by atoms with E-state index in [2.05, 4.69) is 6.58 Å². The molecular formula is C15H26O4. The third-order valence-electron chi connectivity index (χ3n) is 2.64. The highest BCUT2D eigenvalue weighted by atomic mass is 16.6. The molecule has 0 atom stereocenters. The zero-order valence-corrected chi connectivity index (χ0v) is 12.7. The first-order valence-electron chi connectivity index (χ1n) is 6.83. The van der Waals surface area contributed by atoms with Crippen LogP contribution in [0.15, 0.2) is 12.7 Å². The highest BCUT2D eigenvalue weighted by Gasteiger charge is 2.47. The molecule has 0 fully saturated rings. The summed E-state index contributed by atoms with van der Waals surface area (Å²) in [7, 11) is 0. The van der Waals surface area contributed by atoms with Gasteiger partial charge in [0.2, 0.25) is 0 Å². The van der Waals surface area contributed by atoms with Gasteiger partial charge >= 0.3 is 11.9 Å². The van der Waals surface area contributed by atoms with Crippen molar-refractivity contribution in [1.29, 1.82) is 0 Å². The Balaban J connectivity index is 5.32. The Hall–Kier alpha value is -1.32. The molecule has 4 nitrogen and oxygen atoms in total. The van der Waals surface area contributed by atoms with Crippen LogP contribution in [-0.4, -0.2) is 24.1 Å². The topological polar surface area (TPSA) is 52.6 Å². The quantitative estimate of drug-likeness (QED) is 0.386. The van der Waals surface area contributed by atoms with Crippen molar-refractivity contribution in [2.24, 2.45) is 5.41 Å². The predicted molar refractivity (Wildman–Crippen MR) is 74.6 cm³/mol. The fourth-order valence-corrected chi connectivity index (χ4v) is 1.88. The molecule has 0 saturated carbocycles. The summed E-state index contributed by atoms with van der Waals surface area (Å²) in [4.78, 5) is 24.6. The molecule has 4 heteroatoms. The van der Waals surface area contributed by atoms with Crippen molar-refractivity contribution in [3.05, 3.63) is 12.7 Å². The first-order chi connectivity index (χ1) is 8.80. The number of ether oxygens (including phenoxy) is 2. The zero-order chi connectivity index (χ0) is 15.1. The number of carbonyl (C=O) groups excluding carboxylic acids is 2. The lowest BCUT2D eigenvalue weighted by Crippen LogP contribution is -2.43. The largest absolute Gasteiger partial charge is 0.462 e. The van der Waals surface area contributed by atoms with Crippen LogP contribution in [0.4, 0.5) is 0 Å². The van der Waals surface area contributed by atoms with Gasteiger partial charge in [-0.25, -0.2) is 0 Å². The Morgan fingerprint density at radius 1 is 1.11 bits per heavy atom. The van der Waals surface area contributed by atoms with Crippen LogP contribution in [0.1, 0.15) is 53.9 Å². The van der Waals surface area contributed by atoms with E-state index in [9.17, 15) is 9.59 Å². The minimum absolute atomic E-state index is 0.234. The molecule has 0 heterocycles. The van der Waals surface area contributed by atoms with Gasteiger partial charge in [0.05, 0.1) is 12.2 Å². The van der Waals surface area contributed by atoms with E-state index in [0.717, 1.165) is 0 Å². The Labute approximate surface area is 116 Å². The number of rotatable bonds is 8. The average Bonchev–Trinajstić information content (AvgIpc) is 2.26. The van der Waals surface area contributed by atoms with E-state index >= 15 is 0 Å². The summed E-state index contributed by atoms with van der Waals surface area (Å²) in [5.41, 5.74) is -1.26. The van der Waals surface area contributed by atoms with E-state index in [1.165, 1.54) is 0 Å². The molecule has 0 aromatic carbocycles. The fraction of sp³-hybridized carbons (Fsp3) is 0.733. The van der Waals surface area contributed by atoms with Crippen molar-refractivity contribution in [1.82, 2.24) is 0 Å². The van der Waals surface area contributed by atoms with E-state index in [0.29, 0.717) is 12.8 Å². The summed E-state index contributed by atoms with van der Waals surface area (Å²) in [6, 6.07) is 0. The highest BCUT2D eigenvalue weighted by molar-refractivity contribution is 6.00. The van der Waals surface area contributed by atoms with Gasteiger partial charge in [0.25, 0.3) is 0 Å². The second kappa shape index (κ2) is 7.97. The highest BCUT2D eigenvalue weighted by Crippen LogP contribution is 2.33. The molecule has 0 bridgehead atoms. The molecule has 0 aliphatic heterocycles. The molecule has 0 radical (unpaired) electrons. The van der Waals surface area contributed by atoms with Crippen LogP contribution in [0.25, 0.3) is 0 Å². The predicted octanol–water partition coefficient (Wildman–Crippen LogP) is 3.25. The maximum Gasteiger partial charge on any atom is 0.324 e. The van der Waals surface area contributed by atoms with Crippen LogP contribution in [0.3, 0.4) is 0 Å². The first kappa shape index (κ1) is 17.7. The normalized spacial score (nSPS) is 11.5. The van der Waals surface area contributed by atoms with Crippen molar-refractivity contribution < 1.29 is 19.1 Å². The number of hydrogen-bond donors (Lipinski definition) is 0. The van der Waals surface area contributed by atoms with Crippen molar-refractivity contribution in [2.75, 3.05) is 0 Å². The van der Waals surface area contributed by atoms with Crippen LogP contribution in [0.5, 0.6) is 0 Å². The Kier molecular flexibility index (Phi) is 7.42. The lowest BCUT2D eigenvalue weighted by molar-refractivity contribution is -0.177. The van der Waals surface area contributed by atoms with Gasteiger partial charge in [-0.05, 0) is 40.5 Å². The lowest BCUT2D eigenvalue weighted by Gasteiger charge is -2.29. The van der Waals surface area contributed by atoms with E-state index < -0.39 is 17.4 Å². The van der Waals surface area contributed by atoms with Crippen molar-refractivity contribution in [2.45, 2.75) is 66.1 Å². The van der Waals surface area contributed by atoms with E-state index in [1.54, 1.807) is 33.8 Å². The van der Waals surface area contributed by atoms with Crippen molar-refractivity contribution in [3.8, 4) is 0 Å². The summed E-state index contributed by atoms with van der Waals surface area (Å²) in [6.45, 7) is 12.6. The number of allylic oxidation sites excluding steroid dienone is 1. The molecule has 0 aliphatic rings. The van der Waals surface area contributed by atoms with Crippen molar-refractivity contribution >= 4 is 11.9 Å². The minimum atomic E-state index is -1.26. The van der Waals surface area contributed by atoms with Crippen LogP contribution < -0.4 is 0 Å². The first-order valence-corrected chi connectivity index (χ1v) is 6.83. The lowest BCUT2D eigenvalue weighted by atomic mass is 9.80. The molecule has 19 heavy (non-hydrogen) atoms. The number of hydrogen-bond acceptors (Lipinski definition) is 4. The molecule has 0 aliphatic carbocycles. The Morgan fingerprint density at radius 3 is 1.79 bits per heavy atom. The van der Waals surface area contributed by atoms with Gasteiger partial charge in [0, 0.05) is 0 Å². The molecule has 0 aromatic heterocycles. The van der Waals surface area contributed by atoms with Gasteiger partial charge in [-0.1, -0.05) is 19.4 Å². The Bertz CT molecular complexity index is 296. The Morgan fingerprint density at radius 2 is 1.53 bits per heavy atom. The summed E-state index contributed by atoms with van der Waals surface area (Å²) >= 11 is 0. The van der Waals surface area contributed by atoms with E-state index in [-0.39, 0.29) is 18.6 Å². The van der Waals surface area contributed by atoms with Crippen LogP contribution in [0, 0.1) is 5.41 Å². The smallest absolute Gasteiger partial charge is 0.324 e. The molecule has 0 rings (SSSR count). The van der Waals surface area contributed by atoms with Gasteiger partial charge in [-0.15, -0.1) is 6.58 Å². The SMILES string of the molecule is C=CCC(CCC)(C(=O)OC(C)C)C(=O)OC(C)C. The molecule has 0 spiro atoms. The fourth-order valence-electron chi connectivity index (χ4n) is 1.88. The van der Waals surface area contributed by atoms with Gasteiger partial charge in [-0.2, -0.15) is 0 Å². The molecular weight excluding hydrogens is 244 g/mol. The average molecular weight is 270 g/mol. The maximum atomic E-state index is 12.3. The van der Waals surface area contributed by atoms with Gasteiger partial charge in [-0.3, -0.25) is 9.59 Å². The van der Waals surface area contributed by atoms with E-state index in [4.69, 9.17) is 9.47 Å². The summed E-state index contributed by atoms with van der Waals surface area (Å²) in [5, 5.41) is 0. The molecule has 0 amide bonds. The van der Waals surface area contributed by atoms with Crippen LogP contribution in [0.2, 0.25) is 0 Å². The number of carbonyl (C=O) groups is 2. The summed E-state index contributed by atoms with van der Waals surface area (Å²) in [6.07, 6.45) is 2.36. The zero-order valence-electron chi connectivity index (χ0n) is 12.7. The van der Waals surface area contributed by atoms with Crippen molar-refractivity contribution in [3.63, 3.8) is 0 Å². The second-order valence-electron chi connectivity index (χ2n) is 5.23.